The molecule has 1 amide bonds. The van der Waals surface area contributed by atoms with Gasteiger partial charge >= 0.3 is 0 Å². The SMILES string of the molecule is O=C(CNC1CCN(Cc2ccccc2)CC1)Nc1ccc2c(c1)OCO2. The van der Waals surface area contributed by atoms with E-state index in [0.717, 1.165) is 38.2 Å². The molecule has 142 valence electrons. The summed E-state index contributed by atoms with van der Waals surface area (Å²) >= 11 is 0. The van der Waals surface area contributed by atoms with Gasteiger partial charge in [0.15, 0.2) is 11.5 Å². The number of hydrogen-bond acceptors (Lipinski definition) is 5. The monoisotopic (exact) mass is 367 g/mol. The molecule has 27 heavy (non-hydrogen) atoms. The van der Waals surface area contributed by atoms with E-state index in [4.69, 9.17) is 9.47 Å². The summed E-state index contributed by atoms with van der Waals surface area (Å²) in [5.74, 6) is 1.35. The van der Waals surface area contributed by atoms with Gasteiger partial charge in [-0.3, -0.25) is 9.69 Å². The molecule has 0 saturated carbocycles. The van der Waals surface area contributed by atoms with E-state index < -0.39 is 0 Å². The Hall–Kier alpha value is -2.57. The van der Waals surface area contributed by atoms with Crippen molar-refractivity contribution in [3.05, 3.63) is 54.1 Å². The number of carbonyl (C=O) groups is 1. The zero-order valence-corrected chi connectivity index (χ0v) is 15.3. The normalized spacial score (nSPS) is 17.0. The van der Waals surface area contributed by atoms with Crippen molar-refractivity contribution in [3.63, 3.8) is 0 Å². The van der Waals surface area contributed by atoms with E-state index in [1.807, 2.05) is 18.2 Å². The molecule has 0 aliphatic carbocycles. The van der Waals surface area contributed by atoms with Crippen molar-refractivity contribution in [2.24, 2.45) is 0 Å². The van der Waals surface area contributed by atoms with Gasteiger partial charge in [0.25, 0.3) is 0 Å². The fraction of sp³-hybridized carbons (Fsp3) is 0.381. The molecule has 2 heterocycles. The molecule has 6 nitrogen and oxygen atoms in total. The molecular weight excluding hydrogens is 342 g/mol. The van der Waals surface area contributed by atoms with Crippen LogP contribution in [0.4, 0.5) is 5.69 Å². The van der Waals surface area contributed by atoms with Crippen molar-refractivity contribution in [2.75, 3.05) is 31.7 Å². The maximum Gasteiger partial charge on any atom is 0.238 e. The Balaban J connectivity index is 1.18. The molecule has 2 aromatic rings. The summed E-state index contributed by atoms with van der Waals surface area (Å²) in [5.41, 5.74) is 2.08. The van der Waals surface area contributed by atoms with Gasteiger partial charge in [-0.1, -0.05) is 30.3 Å². The third kappa shape index (κ3) is 4.78. The van der Waals surface area contributed by atoms with Crippen LogP contribution in [0.2, 0.25) is 0 Å². The highest BCUT2D eigenvalue weighted by Crippen LogP contribution is 2.34. The second kappa shape index (κ2) is 8.41. The first-order valence-electron chi connectivity index (χ1n) is 9.45. The summed E-state index contributed by atoms with van der Waals surface area (Å²) in [7, 11) is 0. The summed E-state index contributed by atoms with van der Waals surface area (Å²) in [6.07, 6.45) is 2.12. The van der Waals surface area contributed by atoms with Crippen molar-refractivity contribution in [3.8, 4) is 11.5 Å². The number of anilines is 1. The first-order chi connectivity index (χ1) is 13.3. The van der Waals surface area contributed by atoms with E-state index in [2.05, 4.69) is 39.8 Å². The minimum absolute atomic E-state index is 0.0411. The van der Waals surface area contributed by atoms with Crippen LogP contribution in [0.15, 0.2) is 48.5 Å². The number of nitrogens with zero attached hydrogens (tertiary/aromatic N) is 1. The molecule has 4 rings (SSSR count). The molecule has 0 spiro atoms. The van der Waals surface area contributed by atoms with Crippen LogP contribution >= 0.6 is 0 Å². The Kier molecular flexibility index (Phi) is 5.55. The lowest BCUT2D eigenvalue weighted by Crippen LogP contribution is -2.44. The molecule has 0 atom stereocenters. The maximum atomic E-state index is 12.2. The van der Waals surface area contributed by atoms with Gasteiger partial charge in [-0.05, 0) is 43.6 Å². The van der Waals surface area contributed by atoms with E-state index in [-0.39, 0.29) is 12.7 Å². The number of ether oxygens (including phenoxy) is 2. The second-order valence-electron chi connectivity index (χ2n) is 7.03. The van der Waals surface area contributed by atoms with Gasteiger partial charge in [0.05, 0.1) is 6.54 Å². The van der Waals surface area contributed by atoms with Crippen molar-refractivity contribution < 1.29 is 14.3 Å². The van der Waals surface area contributed by atoms with Crippen LogP contribution < -0.4 is 20.1 Å². The van der Waals surface area contributed by atoms with Gasteiger partial charge in [0.2, 0.25) is 12.7 Å². The topological polar surface area (TPSA) is 62.8 Å². The molecule has 2 aliphatic rings. The van der Waals surface area contributed by atoms with E-state index in [9.17, 15) is 4.79 Å². The highest BCUT2D eigenvalue weighted by Gasteiger charge is 2.20. The zero-order chi connectivity index (χ0) is 18.5. The number of likely N-dealkylation sites (tertiary alicyclic amines) is 1. The Morgan fingerprint density at radius 3 is 2.63 bits per heavy atom. The smallest absolute Gasteiger partial charge is 0.238 e. The van der Waals surface area contributed by atoms with Gasteiger partial charge in [-0.15, -0.1) is 0 Å². The Labute approximate surface area is 159 Å². The molecule has 0 bridgehead atoms. The summed E-state index contributed by atoms with van der Waals surface area (Å²) in [4.78, 5) is 14.7. The van der Waals surface area contributed by atoms with Crippen LogP contribution in [0.3, 0.4) is 0 Å². The zero-order valence-electron chi connectivity index (χ0n) is 15.3. The fourth-order valence-electron chi connectivity index (χ4n) is 3.55. The fourth-order valence-corrected chi connectivity index (χ4v) is 3.55. The average molecular weight is 367 g/mol. The van der Waals surface area contributed by atoms with Crippen LogP contribution in [0.25, 0.3) is 0 Å². The predicted molar refractivity (Wildman–Crippen MR) is 104 cm³/mol. The summed E-state index contributed by atoms with van der Waals surface area (Å²) in [5, 5.41) is 6.29. The van der Waals surface area contributed by atoms with Gasteiger partial charge < -0.3 is 20.1 Å². The number of carbonyl (C=O) groups excluding carboxylic acids is 1. The van der Waals surface area contributed by atoms with Crippen molar-refractivity contribution in [2.45, 2.75) is 25.4 Å². The number of rotatable bonds is 6. The Morgan fingerprint density at radius 1 is 1.04 bits per heavy atom. The number of nitrogens with one attached hydrogen (secondary N) is 2. The van der Waals surface area contributed by atoms with Gasteiger partial charge in [-0.2, -0.15) is 0 Å². The molecule has 2 aliphatic heterocycles. The third-order valence-electron chi connectivity index (χ3n) is 5.04. The van der Waals surface area contributed by atoms with Crippen molar-refractivity contribution in [1.82, 2.24) is 10.2 Å². The van der Waals surface area contributed by atoms with Gasteiger partial charge in [0, 0.05) is 24.3 Å². The minimum atomic E-state index is -0.0411. The quantitative estimate of drug-likeness (QED) is 0.822. The molecule has 2 N–H and O–H groups in total. The average Bonchev–Trinajstić information content (AvgIpc) is 3.16. The standard InChI is InChI=1S/C21H25N3O3/c25-21(23-18-6-7-19-20(12-18)27-15-26-19)13-22-17-8-10-24(11-9-17)14-16-4-2-1-3-5-16/h1-7,12,17,22H,8-11,13-15H2,(H,23,25). The van der Waals surface area contributed by atoms with E-state index in [1.165, 1.54) is 5.56 Å². The third-order valence-corrected chi connectivity index (χ3v) is 5.04. The van der Waals surface area contributed by atoms with Gasteiger partial charge in [0.1, 0.15) is 0 Å². The number of piperidine rings is 1. The lowest BCUT2D eigenvalue weighted by atomic mass is 10.0. The lowest BCUT2D eigenvalue weighted by molar-refractivity contribution is -0.115. The molecule has 2 aromatic carbocycles. The number of hydrogen-bond donors (Lipinski definition) is 2. The second-order valence-corrected chi connectivity index (χ2v) is 7.03. The van der Waals surface area contributed by atoms with Crippen LogP contribution in [0, 0.1) is 0 Å². The number of benzene rings is 2. The van der Waals surface area contributed by atoms with Crippen LogP contribution in [-0.4, -0.2) is 43.3 Å². The van der Waals surface area contributed by atoms with Crippen LogP contribution in [0.5, 0.6) is 11.5 Å². The molecular formula is C21H25N3O3. The molecule has 0 radical (unpaired) electrons. The molecule has 6 heteroatoms. The first-order valence-corrected chi connectivity index (χ1v) is 9.45. The summed E-state index contributed by atoms with van der Waals surface area (Å²) in [6, 6.07) is 16.4. The largest absolute Gasteiger partial charge is 0.454 e. The van der Waals surface area contributed by atoms with E-state index in [0.29, 0.717) is 24.1 Å². The Bertz CT molecular complexity index is 773. The number of amides is 1. The highest BCUT2D eigenvalue weighted by molar-refractivity contribution is 5.92. The molecule has 0 unspecified atom stereocenters. The molecule has 1 saturated heterocycles. The van der Waals surface area contributed by atoms with Gasteiger partial charge in [-0.25, -0.2) is 0 Å². The first kappa shape index (κ1) is 17.8. The Morgan fingerprint density at radius 2 is 1.81 bits per heavy atom. The summed E-state index contributed by atoms with van der Waals surface area (Å²) < 4.78 is 10.6. The van der Waals surface area contributed by atoms with Crippen LogP contribution in [0.1, 0.15) is 18.4 Å². The predicted octanol–water partition coefficient (Wildman–Crippen LogP) is 2.61. The highest BCUT2D eigenvalue weighted by atomic mass is 16.7. The van der Waals surface area contributed by atoms with Crippen LogP contribution in [-0.2, 0) is 11.3 Å². The molecule has 0 aromatic heterocycles. The van der Waals surface area contributed by atoms with E-state index in [1.54, 1.807) is 6.07 Å². The lowest BCUT2D eigenvalue weighted by Gasteiger charge is -2.32. The minimum Gasteiger partial charge on any atom is -0.454 e. The number of fused-ring (bicyclic) bond motifs is 1. The maximum absolute atomic E-state index is 12.2. The molecule has 1 fully saturated rings. The van der Waals surface area contributed by atoms with Crippen molar-refractivity contribution >= 4 is 11.6 Å². The van der Waals surface area contributed by atoms with E-state index >= 15 is 0 Å². The van der Waals surface area contributed by atoms with Crippen molar-refractivity contribution in [1.29, 1.82) is 0 Å². The summed E-state index contributed by atoms with van der Waals surface area (Å²) in [6.45, 7) is 3.65.